The highest BCUT2D eigenvalue weighted by molar-refractivity contribution is 4.89. The van der Waals surface area contributed by atoms with Gasteiger partial charge in [0.15, 0.2) is 0 Å². The molecule has 0 bridgehead atoms. The molecule has 1 saturated carbocycles. The molecule has 1 saturated heterocycles. The fourth-order valence-corrected chi connectivity index (χ4v) is 3.83. The summed E-state index contributed by atoms with van der Waals surface area (Å²) >= 11 is 0. The van der Waals surface area contributed by atoms with Crippen molar-refractivity contribution in [2.45, 2.75) is 65.2 Å². The largest absolute Gasteiger partial charge is 0.303 e. The van der Waals surface area contributed by atoms with Gasteiger partial charge in [0.1, 0.15) is 0 Å². The SMILES string of the molecule is CCCCN1CCC(C2(C)CCCC2)CC1. The lowest BCUT2D eigenvalue weighted by molar-refractivity contribution is 0.0913. The molecule has 2 fully saturated rings. The number of hydrogen-bond acceptors (Lipinski definition) is 1. The molecule has 0 atom stereocenters. The standard InChI is InChI=1S/C15H29N/c1-3-4-11-16-12-7-14(8-13-16)15(2)9-5-6-10-15/h14H,3-13H2,1-2H3. The average molecular weight is 223 g/mol. The maximum atomic E-state index is 2.69. The molecule has 1 aliphatic carbocycles. The minimum Gasteiger partial charge on any atom is -0.303 e. The maximum Gasteiger partial charge on any atom is -0.00159 e. The van der Waals surface area contributed by atoms with Gasteiger partial charge in [0.05, 0.1) is 0 Å². The van der Waals surface area contributed by atoms with Gasteiger partial charge in [0, 0.05) is 0 Å². The van der Waals surface area contributed by atoms with E-state index in [4.69, 9.17) is 0 Å². The molecule has 94 valence electrons. The second-order valence-corrected chi connectivity index (χ2v) is 6.33. The molecular formula is C15H29N. The lowest BCUT2D eigenvalue weighted by atomic mass is 9.71. The Hall–Kier alpha value is -0.0400. The van der Waals surface area contributed by atoms with Crippen molar-refractivity contribution in [1.29, 1.82) is 0 Å². The lowest BCUT2D eigenvalue weighted by Gasteiger charge is -2.40. The van der Waals surface area contributed by atoms with Gasteiger partial charge in [-0.3, -0.25) is 0 Å². The van der Waals surface area contributed by atoms with Crippen molar-refractivity contribution in [2.24, 2.45) is 11.3 Å². The second-order valence-electron chi connectivity index (χ2n) is 6.33. The van der Waals surface area contributed by atoms with Gasteiger partial charge in [-0.15, -0.1) is 0 Å². The molecule has 2 rings (SSSR count). The molecule has 0 aromatic rings. The zero-order chi connectivity index (χ0) is 11.4. The van der Waals surface area contributed by atoms with Crippen molar-refractivity contribution in [3.05, 3.63) is 0 Å². The predicted octanol–water partition coefficient (Wildman–Crippen LogP) is 4.08. The monoisotopic (exact) mass is 223 g/mol. The summed E-state index contributed by atoms with van der Waals surface area (Å²) in [6, 6.07) is 0. The van der Waals surface area contributed by atoms with Crippen LogP contribution in [0.4, 0.5) is 0 Å². The summed E-state index contributed by atoms with van der Waals surface area (Å²) < 4.78 is 0. The molecule has 0 aromatic heterocycles. The highest BCUT2D eigenvalue weighted by Gasteiger charge is 2.38. The van der Waals surface area contributed by atoms with Gasteiger partial charge in [-0.2, -0.15) is 0 Å². The van der Waals surface area contributed by atoms with Gasteiger partial charge >= 0.3 is 0 Å². The van der Waals surface area contributed by atoms with Crippen molar-refractivity contribution in [3.8, 4) is 0 Å². The second kappa shape index (κ2) is 5.53. The van der Waals surface area contributed by atoms with E-state index in [2.05, 4.69) is 18.7 Å². The van der Waals surface area contributed by atoms with Crippen LogP contribution in [0.2, 0.25) is 0 Å². The summed E-state index contributed by atoms with van der Waals surface area (Å²) in [7, 11) is 0. The van der Waals surface area contributed by atoms with Crippen LogP contribution in [0.3, 0.4) is 0 Å². The van der Waals surface area contributed by atoms with E-state index in [1.54, 1.807) is 0 Å². The molecule has 1 heterocycles. The highest BCUT2D eigenvalue weighted by atomic mass is 15.1. The Balaban J connectivity index is 1.76. The summed E-state index contributed by atoms with van der Waals surface area (Å²) in [6.07, 6.45) is 11.7. The highest BCUT2D eigenvalue weighted by Crippen LogP contribution is 2.47. The van der Waals surface area contributed by atoms with E-state index in [-0.39, 0.29) is 0 Å². The zero-order valence-corrected chi connectivity index (χ0v) is 11.3. The fraction of sp³-hybridized carbons (Fsp3) is 1.00. The third-order valence-corrected chi connectivity index (χ3v) is 5.15. The Kier molecular flexibility index (Phi) is 4.29. The quantitative estimate of drug-likeness (QED) is 0.694. The Morgan fingerprint density at radius 3 is 2.31 bits per heavy atom. The molecule has 0 unspecified atom stereocenters. The van der Waals surface area contributed by atoms with E-state index in [1.807, 2.05) is 0 Å². The van der Waals surface area contributed by atoms with E-state index >= 15 is 0 Å². The summed E-state index contributed by atoms with van der Waals surface area (Å²) in [4.78, 5) is 2.69. The van der Waals surface area contributed by atoms with Crippen LogP contribution in [0.1, 0.15) is 65.2 Å². The number of rotatable bonds is 4. The molecule has 0 radical (unpaired) electrons. The van der Waals surface area contributed by atoms with E-state index < -0.39 is 0 Å². The Morgan fingerprint density at radius 1 is 1.12 bits per heavy atom. The first-order valence-electron chi connectivity index (χ1n) is 7.47. The Labute approximate surface area is 102 Å². The van der Waals surface area contributed by atoms with Gasteiger partial charge in [-0.25, -0.2) is 0 Å². The van der Waals surface area contributed by atoms with Crippen LogP contribution >= 0.6 is 0 Å². The first kappa shape index (κ1) is 12.4. The molecule has 16 heavy (non-hydrogen) atoms. The van der Waals surface area contributed by atoms with E-state index in [0.29, 0.717) is 0 Å². The van der Waals surface area contributed by atoms with Crippen LogP contribution in [0, 0.1) is 11.3 Å². The van der Waals surface area contributed by atoms with Gasteiger partial charge < -0.3 is 4.90 Å². The molecule has 1 nitrogen and oxygen atoms in total. The third-order valence-electron chi connectivity index (χ3n) is 5.15. The third kappa shape index (κ3) is 2.80. The normalized spacial score (nSPS) is 27.4. The molecular weight excluding hydrogens is 194 g/mol. The molecule has 1 aliphatic heterocycles. The summed E-state index contributed by atoms with van der Waals surface area (Å²) in [5.41, 5.74) is 0.719. The molecule has 0 spiro atoms. The zero-order valence-electron chi connectivity index (χ0n) is 11.3. The summed E-state index contributed by atoms with van der Waals surface area (Å²) in [5.74, 6) is 1.04. The Bertz CT molecular complexity index is 197. The van der Waals surface area contributed by atoms with Gasteiger partial charge in [-0.1, -0.05) is 33.1 Å². The van der Waals surface area contributed by atoms with Crippen LogP contribution in [0.25, 0.3) is 0 Å². The van der Waals surface area contributed by atoms with Crippen LogP contribution in [0.5, 0.6) is 0 Å². The van der Waals surface area contributed by atoms with Crippen molar-refractivity contribution >= 4 is 0 Å². The van der Waals surface area contributed by atoms with Crippen LogP contribution in [-0.2, 0) is 0 Å². The average Bonchev–Trinajstić information content (AvgIpc) is 2.75. The molecule has 0 amide bonds. The topological polar surface area (TPSA) is 3.24 Å². The summed E-state index contributed by atoms with van der Waals surface area (Å²) in [5, 5.41) is 0. The van der Waals surface area contributed by atoms with Gasteiger partial charge in [0.25, 0.3) is 0 Å². The van der Waals surface area contributed by atoms with Crippen LogP contribution in [0.15, 0.2) is 0 Å². The van der Waals surface area contributed by atoms with Crippen molar-refractivity contribution in [2.75, 3.05) is 19.6 Å². The van der Waals surface area contributed by atoms with Gasteiger partial charge in [0.2, 0.25) is 0 Å². The van der Waals surface area contributed by atoms with Crippen molar-refractivity contribution in [3.63, 3.8) is 0 Å². The molecule has 2 aliphatic rings. The van der Waals surface area contributed by atoms with Crippen molar-refractivity contribution in [1.82, 2.24) is 4.90 Å². The van der Waals surface area contributed by atoms with Gasteiger partial charge in [-0.05, 0) is 63.1 Å². The van der Waals surface area contributed by atoms with Crippen molar-refractivity contribution < 1.29 is 0 Å². The van der Waals surface area contributed by atoms with Crippen LogP contribution in [-0.4, -0.2) is 24.5 Å². The lowest BCUT2D eigenvalue weighted by Crippen LogP contribution is -2.39. The fourth-order valence-electron chi connectivity index (χ4n) is 3.83. The molecule has 0 aromatic carbocycles. The molecule has 1 heteroatoms. The number of piperidine rings is 1. The first-order chi connectivity index (χ1) is 7.74. The van der Waals surface area contributed by atoms with E-state index in [1.165, 1.54) is 71.0 Å². The van der Waals surface area contributed by atoms with E-state index in [0.717, 1.165) is 11.3 Å². The van der Waals surface area contributed by atoms with E-state index in [9.17, 15) is 0 Å². The number of hydrogen-bond donors (Lipinski definition) is 0. The smallest absolute Gasteiger partial charge is 0.00159 e. The maximum absolute atomic E-state index is 2.69. The predicted molar refractivity (Wildman–Crippen MR) is 70.6 cm³/mol. The molecule has 0 N–H and O–H groups in total. The number of likely N-dealkylation sites (tertiary alicyclic amines) is 1. The number of nitrogens with zero attached hydrogens (tertiary/aromatic N) is 1. The minimum atomic E-state index is 0.719. The summed E-state index contributed by atoms with van der Waals surface area (Å²) in [6.45, 7) is 8.96. The first-order valence-corrected chi connectivity index (χ1v) is 7.47. The van der Waals surface area contributed by atoms with Crippen LogP contribution < -0.4 is 0 Å². The minimum absolute atomic E-state index is 0.719. The Morgan fingerprint density at radius 2 is 1.75 bits per heavy atom. The number of unbranched alkanes of at least 4 members (excludes halogenated alkanes) is 1.